The molecule has 0 aliphatic carbocycles. The van der Waals surface area contributed by atoms with Gasteiger partial charge in [-0.25, -0.2) is 0 Å². The standard InChI is InChI=1S/C13H15N3S/c1-9-7-14-13(16-9)15-8-11-6-10-4-2-3-5-12(10)17-11/h2-6,9H,7-8H2,1H3,(H2,14,15,16). The third-order valence-corrected chi connectivity index (χ3v) is 3.93. The molecular formula is C13H15N3S. The van der Waals surface area contributed by atoms with Crippen molar-refractivity contribution >= 4 is 27.4 Å². The second-order valence-electron chi connectivity index (χ2n) is 4.34. The summed E-state index contributed by atoms with van der Waals surface area (Å²) in [5.74, 6) is 0.926. The summed E-state index contributed by atoms with van der Waals surface area (Å²) in [6.07, 6.45) is 0. The van der Waals surface area contributed by atoms with Gasteiger partial charge in [-0.05, 0) is 24.4 Å². The minimum Gasteiger partial charge on any atom is -0.352 e. The summed E-state index contributed by atoms with van der Waals surface area (Å²) in [5.41, 5.74) is 0. The molecule has 0 radical (unpaired) electrons. The van der Waals surface area contributed by atoms with Crippen LogP contribution in [0.3, 0.4) is 0 Å². The number of aliphatic imine (C=N–C) groups is 1. The van der Waals surface area contributed by atoms with Crippen LogP contribution in [0.5, 0.6) is 0 Å². The third-order valence-electron chi connectivity index (χ3n) is 2.81. The average molecular weight is 245 g/mol. The van der Waals surface area contributed by atoms with Crippen LogP contribution in [0.15, 0.2) is 35.3 Å². The molecule has 2 aromatic rings. The molecule has 1 atom stereocenters. The van der Waals surface area contributed by atoms with E-state index in [0.717, 1.165) is 19.0 Å². The van der Waals surface area contributed by atoms with Gasteiger partial charge in [-0.1, -0.05) is 18.2 Å². The van der Waals surface area contributed by atoms with Crippen LogP contribution in [0.1, 0.15) is 11.8 Å². The Balaban J connectivity index is 1.69. The van der Waals surface area contributed by atoms with Gasteiger partial charge in [0.2, 0.25) is 0 Å². The van der Waals surface area contributed by atoms with Crippen LogP contribution in [0.4, 0.5) is 0 Å². The van der Waals surface area contributed by atoms with E-state index >= 15 is 0 Å². The van der Waals surface area contributed by atoms with Gasteiger partial charge in [0.05, 0.1) is 13.1 Å². The maximum Gasteiger partial charge on any atom is 0.191 e. The van der Waals surface area contributed by atoms with Crippen molar-refractivity contribution < 1.29 is 0 Å². The van der Waals surface area contributed by atoms with Crippen LogP contribution in [-0.2, 0) is 6.54 Å². The first-order valence-electron chi connectivity index (χ1n) is 5.83. The summed E-state index contributed by atoms with van der Waals surface area (Å²) in [4.78, 5) is 5.73. The Bertz CT molecular complexity index is 526. The van der Waals surface area contributed by atoms with Crippen LogP contribution in [0, 0.1) is 0 Å². The van der Waals surface area contributed by atoms with Gasteiger partial charge < -0.3 is 10.6 Å². The van der Waals surface area contributed by atoms with Crippen molar-refractivity contribution in [2.24, 2.45) is 4.99 Å². The molecule has 1 aromatic carbocycles. The molecule has 3 nitrogen and oxygen atoms in total. The Labute approximate surface area is 105 Å². The maximum atomic E-state index is 4.38. The quantitative estimate of drug-likeness (QED) is 0.852. The number of thiophene rings is 1. The molecule has 1 aromatic heterocycles. The van der Waals surface area contributed by atoms with Gasteiger partial charge in [-0.2, -0.15) is 0 Å². The van der Waals surface area contributed by atoms with E-state index in [0.29, 0.717) is 6.04 Å². The molecule has 88 valence electrons. The number of fused-ring (bicyclic) bond motifs is 1. The molecule has 1 unspecified atom stereocenters. The molecule has 2 N–H and O–H groups in total. The average Bonchev–Trinajstić information content (AvgIpc) is 2.91. The first-order chi connectivity index (χ1) is 8.31. The highest BCUT2D eigenvalue weighted by Gasteiger charge is 2.11. The maximum absolute atomic E-state index is 4.38. The fraction of sp³-hybridized carbons (Fsp3) is 0.308. The van der Waals surface area contributed by atoms with Crippen LogP contribution in [0.25, 0.3) is 10.1 Å². The number of hydrogen-bond acceptors (Lipinski definition) is 4. The Morgan fingerprint density at radius 1 is 1.47 bits per heavy atom. The number of hydrogen-bond donors (Lipinski definition) is 2. The summed E-state index contributed by atoms with van der Waals surface area (Å²) in [5, 5.41) is 7.96. The Morgan fingerprint density at radius 2 is 2.35 bits per heavy atom. The van der Waals surface area contributed by atoms with E-state index in [1.807, 2.05) is 11.3 Å². The largest absolute Gasteiger partial charge is 0.352 e. The first-order valence-corrected chi connectivity index (χ1v) is 6.65. The zero-order chi connectivity index (χ0) is 11.7. The van der Waals surface area contributed by atoms with Crippen molar-refractivity contribution in [2.75, 3.05) is 6.54 Å². The van der Waals surface area contributed by atoms with Crippen LogP contribution >= 0.6 is 11.3 Å². The highest BCUT2D eigenvalue weighted by atomic mass is 32.1. The molecule has 0 saturated heterocycles. The number of benzene rings is 1. The van der Waals surface area contributed by atoms with Crippen LogP contribution in [-0.4, -0.2) is 18.5 Å². The van der Waals surface area contributed by atoms with Gasteiger partial charge in [0.15, 0.2) is 5.96 Å². The number of nitrogens with one attached hydrogen (secondary N) is 2. The van der Waals surface area contributed by atoms with E-state index in [9.17, 15) is 0 Å². The topological polar surface area (TPSA) is 36.4 Å². The Hall–Kier alpha value is -1.55. The van der Waals surface area contributed by atoms with E-state index in [2.05, 4.69) is 52.9 Å². The fourth-order valence-electron chi connectivity index (χ4n) is 1.95. The highest BCUT2D eigenvalue weighted by Crippen LogP contribution is 2.24. The molecular weight excluding hydrogens is 230 g/mol. The summed E-state index contributed by atoms with van der Waals surface area (Å²) >= 11 is 1.84. The summed E-state index contributed by atoms with van der Waals surface area (Å²) < 4.78 is 1.35. The third kappa shape index (κ3) is 2.26. The molecule has 1 aliphatic rings. The number of rotatable bonds is 2. The molecule has 0 amide bonds. The first kappa shape index (κ1) is 10.6. The van der Waals surface area contributed by atoms with Gasteiger partial charge in [0.1, 0.15) is 0 Å². The van der Waals surface area contributed by atoms with Crippen LogP contribution in [0.2, 0.25) is 0 Å². The van der Waals surface area contributed by atoms with Crippen molar-refractivity contribution in [3.63, 3.8) is 0 Å². The Kier molecular flexibility index (Phi) is 2.73. The predicted molar refractivity (Wildman–Crippen MR) is 73.6 cm³/mol. The normalized spacial score (nSPS) is 19.1. The lowest BCUT2D eigenvalue weighted by Gasteiger charge is -2.07. The van der Waals surface area contributed by atoms with E-state index in [-0.39, 0.29) is 0 Å². The molecule has 0 saturated carbocycles. The minimum absolute atomic E-state index is 0.458. The second-order valence-corrected chi connectivity index (χ2v) is 5.51. The number of nitrogens with zero attached hydrogens (tertiary/aromatic N) is 1. The lowest BCUT2D eigenvalue weighted by molar-refractivity contribution is 0.714. The summed E-state index contributed by atoms with van der Waals surface area (Å²) in [6.45, 7) is 3.85. The van der Waals surface area contributed by atoms with Crippen molar-refractivity contribution in [2.45, 2.75) is 19.5 Å². The van der Waals surface area contributed by atoms with Crippen LogP contribution < -0.4 is 10.6 Å². The smallest absolute Gasteiger partial charge is 0.191 e. The molecule has 3 rings (SSSR count). The van der Waals surface area contributed by atoms with Crippen molar-refractivity contribution in [1.82, 2.24) is 10.6 Å². The lowest BCUT2D eigenvalue weighted by atomic mass is 10.2. The van der Waals surface area contributed by atoms with Crippen molar-refractivity contribution in [1.29, 1.82) is 0 Å². The van der Waals surface area contributed by atoms with Crippen molar-refractivity contribution in [3.8, 4) is 0 Å². The van der Waals surface area contributed by atoms with Gasteiger partial charge in [0, 0.05) is 15.6 Å². The minimum atomic E-state index is 0.458. The van der Waals surface area contributed by atoms with E-state index in [1.54, 1.807) is 0 Å². The van der Waals surface area contributed by atoms with Gasteiger partial charge in [-0.3, -0.25) is 4.99 Å². The van der Waals surface area contributed by atoms with Gasteiger partial charge in [-0.15, -0.1) is 11.3 Å². The molecule has 17 heavy (non-hydrogen) atoms. The summed E-state index contributed by atoms with van der Waals surface area (Å²) in [6, 6.07) is 11.2. The zero-order valence-electron chi connectivity index (χ0n) is 9.73. The Morgan fingerprint density at radius 3 is 3.12 bits per heavy atom. The SMILES string of the molecule is CC1CN=C(NCc2cc3ccccc3s2)N1. The monoisotopic (exact) mass is 245 g/mol. The fourth-order valence-corrected chi connectivity index (χ4v) is 2.96. The molecule has 4 heteroatoms. The second kappa shape index (κ2) is 4.37. The number of guanidine groups is 1. The molecule has 0 bridgehead atoms. The highest BCUT2D eigenvalue weighted by molar-refractivity contribution is 7.19. The van der Waals surface area contributed by atoms with Crippen molar-refractivity contribution in [3.05, 3.63) is 35.2 Å². The summed E-state index contributed by atoms with van der Waals surface area (Å²) in [7, 11) is 0. The predicted octanol–water partition coefficient (Wildman–Crippen LogP) is 2.34. The van der Waals surface area contributed by atoms with E-state index in [4.69, 9.17) is 0 Å². The zero-order valence-corrected chi connectivity index (χ0v) is 10.6. The molecule has 0 spiro atoms. The molecule has 0 fully saturated rings. The molecule has 1 aliphatic heterocycles. The molecule has 2 heterocycles. The van der Waals surface area contributed by atoms with E-state index in [1.165, 1.54) is 15.0 Å². The lowest BCUT2D eigenvalue weighted by Crippen LogP contribution is -2.36. The van der Waals surface area contributed by atoms with E-state index < -0.39 is 0 Å². The van der Waals surface area contributed by atoms with Gasteiger partial charge >= 0.3 is 0 Å². The van der Waals surface area contributed by atoms with Gasteiger partial charge in [0.25, 0.3) is 0 Å².